The lowest BCUT2D eigenvalue weighted by Crippen LogP contribution is -1.90. The van der Waals surface area contributed by atoms with Crippen LogP contribution in [-0.2, 0) is 6.61 Å². The highest BCUT2D eigenvalue weighted by molar-refractivity contribution is 5.62. The standard InChI is InChI=1S/C14H17NO2/c1-9(2)14-13(15-10(3)17-14)12-6-4-5-11(7-12)8-16/h4-7,9,16H,8H2,1-3H3. The third-order valence-corrected chi connectivity index (χ3v) is 2.67. The smallest absolute Gasteiger partial charge is 0.191 e. The summed E-state index contributed by atoms with van der Waals surface area (Å²) in [6, 6.07) is 7.76. The minimum Gasteiger partial charge on any atom is -0.445 e. The molecule has 90 valence electrons. The van der Waals surface area contributed by atoms with Crippen molar-refractivity contribution in [3.8, 4) is 11.3 Å². The van der Waals surface area contributed by atoms with Gasteiger partial charge in [-0.2, -0.15) is 0 Å². The van der Waals surface area contributed by atoms with Gasteiger partial charge in [-0.05, 0) is 11.6 Å². The first-order valence-electron chi connectivity index (χ1n) is 5.79. The summed E-state index contributed by atoms with van der Waals surface area (Å²) in [7, 11) is 0. The Morgan fingerprint density at radius 3 is 2.76 bits per heavy atom. The maximum absolute atomic E-state index is 9.15. The monoisotopic (exact) mass is 231 g/mol. The third kappa shape index (κ3) is 2.39. The number of hydrogen-bond donors (Lipinski definition) is 1. The first kappa shape index (κ1) is 11.9. The molecule has 2 aromatic rings. The molecule has 3 nitrogen and oxygen atoms in total. The van der Waals surface area contributed by atoms with E-state index in [1.807, 2.05) is 31.2 Å². The van der Waals surface area contributed by atoms with Crippen molar-refractivity contribution >= 4 is 0 Å². The molecular formula is C14H17NO2. The van der Waals surface area contributed by atoms with Crippen LogP contribution in [0.15, 0.2) is 28.7 Å². The second-order valence-corrected chi connectivity index (χ2v) is 4.46. The van der Waals surface area contributed by atoms with Crippen LogP contribution in [-0.4, -0.2) is 10.1 Å². The van der Waals surface area contributed by atoms with Gasteiger partial charge in [-0.3, -0.25) is 0 Å². The van der Waals surface area contributed by atoms with E-state index in [1.54, 1.807) is 0 Å². The maximum atomic E-state index is 9.15. The summed E-state index contributed by atoms with van der Waals surface area (Å²) in [6.07, 6.45) is 0. The van der Waals surface area contributed by atoms with Crippen molar-refractivity contribution in [3.63, 3.8) is 0 Å². The van der Waals surface area contributed by atoms with E-state index < -0.39 is 0 Å². The largest absolute Gasteiger partial charge is 0.445 e. The molecule has 0 fully saturated rings. The highest BCUT2D eigenvalue weighted by Crippen LogP contribution is 2.29. The average Bonchev–Trinajstić information content (AvgIpc) is 2.72. The number of rotatable bonds is 3. The summed E-state index contributed by atoms with van der Waals surface area (Å²) >= 11 is 0. The van der Waals surface area contributed by atoms with Gasteiger partial charge in [0.1, 0.15) is 11.5 Å². The van der Waals surface area contributed by atoms with E-state index in [0.29, 0.717) is 11.8 Å². The molecule has 0 saturated carbocycles. The van der Waals surface area contributed by atoms with Gasteiger partial charge in [0.05, 0.1) is 6.61 Å². The SMILES string of the molecule is Cc1nc(-c2cccc(CO)c2)c(C(C)C)o1. The van der Waals surface area contributed by atoms with E-state index in [2.05, 4.69) is 18.8 Å². The molecule has 0 radical (unpaired) electrons. The molecule has 17 heavy (non-hydrogen) atoms. The van der Waals surface area contributed by atoms with Gasteiger partial charge in [-0.1, -0.05) is 32.0 Å². The molecule has 0 spiro atoms. The van der Waals surface area contributed by atoms with Crippen LogP contribution >= 0.6 is 0 Å². The van der Waals surface area contributed by atoms with Crippen LogP contribution in [0.2, 0.25) is 0 Å². The van der Waals surface area contributed by atoms with Crippen LogP contribution in [0.5, 0.6) is 0 Å². The fourth-order valence-corrected chi connectivity index (χ4v) is 1.86. The van der Waals surface area contributed by atoms with E-state index in [1.165, 1.54) is 0 Å². The quantitative estimate of drug-likeness (QED) is 0.881. The zero-order valence-electron chi connectivity index (χ0n) is 10.4. The summed E-state index contributed by atoms with van der Waals surface area (Å²) in [5, 5.41) is 9.15. The van der Waals surface area contributed by atoms with Crippen molar-refractivity contribution in [3.05, 3.63) is 41.5 Å². The second-order valence-electron chi connectivity index (χ2n) is 4.46. The maximum Gasteiger partial charge on any atom is 0.191 e. The van der Waals surface area contributed by atoms with Gasteiger partial charge in [0.2, 0.25) is 0 Å². The molecule has 0 atom stereocenters. The molecule has 1 aromatic heterocycles. The van der Waals surface area contributed by atoms with Crippen molar-refractivity contribution in [2.75, 3.05) is 0 Å². The van der Waals surface area contributed by atoms with Crippen molar-refractivity contribution in [2.45, 2.75) is 33.3 Å². The Labute approximate surface area is 101 Å². The number of aliphatic hydroxyl groups excluding tert-OH is 1. The summed E-state index contributed by atoms with van der Waals surface area (Å²) in [5.41, 5.74) is 2.77. The molecule has 1 heterocycles. The van der Waals surface area contributed by atoms with Crippen molar-refractivity contribution < 1.29 is 9.52 Å². The lowest BCUT2D eigenvalue weighted by Gasteiger charge is -2.05. The van der Waals surface area contributed by atoms with E-state index in [9.17, 15) is 0 Å². The number of aliphatic hydroxyl groups is 1. The fourth-order valence-electron chi connectivity index (χ4n) is 1.86. The molecule has 0 saturated heterocycles. The number of hydrogen-bond acceptors (Lipinski definition) is 3. The Morgan fingerprint density at radius 1 is 1.35 bits per heavy atom. The summed E-state index contributed by atoms with van der Waals surface area (Å²) in [6.45, 7) is 6.06. The lowest BCUT2D eigenvalue weighted by molar-refractivity contribution is 0.282. The average molecular weight is 231 g/mol. The number of aryl methyl sites for hydroxylation is 1. The molecule has 1 N–H and O–H groups in total. The molecule has 3 heteroatoms. The van der Waals surface area contributed by atoms with Crippen LogP contribution in [0.4, 0.5) is 0 Å². The Kier molecular flexibility index (Phi) is 3.29. The predicted molar refractivity (Wildman–Crippen MR) is 66.7 cm³/mol. The molecule has 2 rings (SSSR count). The molecule has 0 unspecified atom stereocenters. The topological polar surface area (TPSA) is 46.3 Å². The minimum atomic E-state index is 0.0433. The predicted octanol–water partition coefficient (Wildman–Crippen LogP) is 3.27. The molecule has 1 aromatic carbocycles. The molecule has 0 aliphatic heterocycles. The Morgan fingerprint density at radius 2 is 2.12 bits per heavy atom. The van der Waals surface area contributed by atoms with Gasteiger partial charge < -0.3 is 9.52 Å². The molecule has 0 aliphatic rings. The first-order valence-corrected chi connectivity index (χ1v) is 5.79. The van der Waals surface area contributed by atoms with Crippen LogP contribution < -0.4 is 0 Å². The fraction of sp³-hybridized carbons (Fsp3) is 0.357. The Hall–Kier alpha value is -1.61. The van der Waals surface area contributed by atoms with Crippen LogP contribution in [0.25, 0.3) is 11.3 Å². The zero-order chi connectivity index (χ0) is 12.4. The van der Waals surface area contributed by atoms with E-state index in [0.717, 1.165) is 22.6 Å². The number of oxazole rings is 1. The minimum absolute atomic E-state index is 0.0433. The normalized spacial score (nSPS) is 11.1. The number of benzene rings is 1. The van der Waals surface area contributed by atoms with Crippen molar-refractivity contribution in [1.29, 1.82) is 0 Å². The third-order valence-electron chi connectivity index (χ3n) is 2.67. The molecule has 0 amide bonds. The van der Waals surface area contributed by atoms with Crippen LogP contribution in [0, 0.1) is 6.92 Å². The Bertz CT molecular complexity index is 515. The van der Waals surface area contributed by atoms with Gasteiger partial charge in [-0.15, -0.1) is 0 Å². The second kappa shape index (κ2) is 4.72. The van der Waals surface area contributed by atoms with Crippen LogP contribution in [0.3, 0.4) is 0 Å². The highest BCUT2D eigenvalue weighted by Gasteiger charge is 2.16. The first-order chi connectivity index (χ1) is 8.11. The van der Waals surface area contributed by atoms with Gasteiger partial charge in [0.15, 0.2) is 5.89 Å². The summed E-state index contributed by atoms with van der Waals surface area (Å²) < 4.78 is 5.63. The summed E-state index contributed by atoms with van der Waals surface area (Å²) in [4.78, 5) is 4.43. The molecule has 0 bridgehead atoms. The summed E-state index contributed by atoms with van der Waals surface area (Å²) in [5.74, 6) is 1.87. The Balaban J connectivity index is 2.51. The van der Waals surface area contributed by atoms with Gasteiger partial charge in [0, 0.05) is 18.4 Å². The molecule has 0 aliphatic carbocycles. The van der Waals surface area contributed by atoms with E-state index >= 15 is 0 Å². The lowest BCUT2D eigenvalue weighted by atomic mass is 10.0. The van der Waals surface area contributed by atoms with Crippen LogP contribution in [0.1, 0.15) is 37.0 Å². The van der Waals surface area contributed by atoms with E-state index in [4.69, 9.17) is 9.52 Å². The number of nitrogens with zero attached hydrogens (tertiary/aromatic N) is 1. The van der Waals surface area contributed by atoms with Crippen molar-refractivity contribution in [1.82, 2.24) is 4.98 Å². The van der Waals surface area contributed by atoms with E-state index in [-0.39, 0.29) is 6.61 Å². The zero-order valence-corrected chi connectivity index (χ0v) is 10.4. The van der Waals surface area contributed by atoms with Gasteiger partial charge in [0.25, 0.3) is 0 Å². The van der Waals surface area contributed by atoms with Gasteiger partial charge in [-0.25, -0.2) is 4.98 Å². The van der Waals surface area contributed by atoms with Gasteiger partial charge >= 0.3 is 0 Å². The highest BCUT2D eigenvalue weighted by atomic mass is 16.4. The number of aromatic nitrogens is 1. The van der Waals surface area contributed by atoms with Crippen molar-refractivity contribution in [2.24, 2.45) is 0 Å². The molecular weight excluding hydrogens is 214 g/mol.